The van der Waals surface area contributed by atoms with Gasteiger partial charge in [-0.3, -0.25) is 0 Å². The fourth-order valence-corrected chi connectivity index (χ4v) is 2.56. The summed E-state index contributed by atoms with van der Waals surface area (Å²) in [6.07, 6.45) is 33.0. The van der Waals surface area contributed by atoms with Crippen molar-refractivity contribution in [2.45, 2.75) is 279 Å². The van der Waals surface area contributed by atoms with Gasteiger partial charge in [-0.15, -0.1) is 0 Å². The Bertz CT molecular complexity index is 158. The van der Waals surface area contributed by atoms with Crippen molar-refractivity contribution in [3.05, 3.63) is 0 Å². The quantitative estimate of drug-likeness (QED) is 0.163. The van der Waals surface area contributed by atoms with E-state index in [1.807, 2.05) is 0 Å². The molecule has 0 saturated heterocycles. The predicted molar refractivity (Wildman–Crippen MR) is 213 cm³/mol. The number of hydrogen-bond donors (Lipinski definition) is 0. The van der Waals surface area contributed by atoms with Gasteiger partial charge >= 0.3 is 0 Å². The zero-order chi connectivity index (χ0) is 35.0. The van der Waals surface area contributed by atoms with Crippen molar-refractivity contribution < 1.29 is 0 Å². The Morgan fingerprint density at radius 2 is 0.214 bits per heavy atom. The van der Waals surface area contributed by atoms with Gasteiger partial charge in [-0.2, -0.15) is 0 Å². The molecular weight excluding hydrogens is 504 g/mol. The van der Waals surface area contributed by atoms with Gasteiger partial charge in [-0.1, -0.05) is 279 Å². The van der Waals surface area contributed by atoms with Gasteiger partial charge in [0, 0.05) is 0 Å². The van der Waals surface area contributed by atoms with Gasteiger partial charge in [0.25, 0.3) is 0 Å². The number of rotatable bonds is 15. The van der Waals surface area contributed by atoms with Crippen LogP contribution in [0.25, 0.3) is 0 Å². The molecule has 0 spiro atoms. The van der Waals surface area contributed by atoms with E-state index in [0.29, 0.717) is 0 Å². The van der Waals surface area contributed by atoms with E-state index in [1.165, 1.54) is 154 Å². The van der Waals surface area contributed by atoms with E-state index in [4.69, 9.17) is 0 Å². The molecule has 0 rings (SSSR count). The lowest BCUT2D eigenvalue weighted by Gasteiger charge is -1.93. The van der Waals surface area contributed by atoms with E-state index < -0.39 is 0 Å². The van der Waals surface area contributed by atoms with Gasteiger partial charge in [0.15, 0.2) is 0 Å². The summed E-state index contributed by atoms with van der Waals surface area (Å²) >= 11 is 0. The monoisotopic (exact) mass is 607 g/mol. The smallest absolute Gasteiger partial charge is 0.0533 e. The first-order valence-electron chi connectivity index (χ1n) is 20.2. The lowest BCUT2D eigenvalue weighted by Crippen LogP contribution is -1.73. The Morgan fingerprint density at radius 3 is 0.262 bits per heavy atom. The minimum atomic E-state index is 1.25. The first kappa shape index (κ1) is 64.8. The molecule has 0 bridgehead atoms. The van der Waals surface area contributed by atoms with Crippen LogP contribution in [0.15, 0.2) is 0 Å². The zero-order valence-electron chi connectivity index (χ0n) is 35.0. The Morgan fingerprint density at radius 1 is 0.143 bits per heavy atom. The van der Waals surface area contributed by atoms with Gasteiger partial charge in [0.2, 0.25) is 0 Å². The van der Waals surface area contributed by atoms with Crippen LogP contribution in [0, 0.1) is 0 Å². The zero-order valence-corrected chi connectivity index (χ0v) is 35.0. The van der Waals surface area contributed by atoms with Crippen LogP contribution in [0.2, 0.25) is 0 Å². The molecule has 0 saturated carbocycles. The average Bonchev–Trinajstić information content (AvgIpc) is 2.95. The van der Waals surface area contributed by atoms with Crippen LogP contribution in [0.4, 0.5) is 0 Å². The van der Waals surface area contributed by atoms with Crippen molar-refractivity contribution in [1.82, 2.24) is 0 Å². The fraction of sp³-hybridized carbons (Fsp3) is 1.00. The summed E-state index contributed by atoms with van der Waals surface area (Å²) in [5.74, 6) is 0. The molecule has 270 valence electrons. The molecule has 0 atom stereocenters. The van der Waals surface area contributed by atoms with Crippen molar-refractivity contribution in [1.29, 1.82) is 0 Å². The molecule has 0 nitrogen and oxygen atoms in total. The van der Waals surface area contributed by atoms with Gasteiger partial charge < -0.3 is 0 Å². The topological polar surface area (TPSA) is 0 Å². The summed E-state index contributed by atoms with van der Waals surface area (Å²) in [6.45, 7) is 39.0. The van der Waals surface area contributed by atoms with Crippen LogP contribution in [-0.4, -0.2) is 0 Å². The maximum absolute atomic E-state index is 2.26. The van der Waals surface area contributed by atoms with Crippen LogP contribution in [0.1, 0.15) is 279 Å². The van der Waals surface area contributed by atoms with Crippen molar-refractivity contribution in [3.63, 3.8) is 0 Å². The van der Waals surface area contributed by atoms with Crippen LogP contribution in [-0.2, 0) is 0 Å². The number of unbranched alkanes of at least 4 members (excludes halogenated alkanes) is 15. The highest BCUT2D eigenvalue weighted by Crippen LogP contribution is 2.04. The normalized spacial score (nSPS) is 8.14. The standard InChI is InChI=1S/3C8H18.6C3H8/c3*1-3-5-7-8-6-4-2;6*1-3-2/h3*3-8H2,1-2H3;6*3H2,1-2H3. The maximum atomic E-state index is 2.26. The molecule has 0 heterocycles. The van der Waals surface area contributed by atoms with Crippen molar-refractivity contribution >= 4 is 0 Å². The highest BCUT2D eigenvalue weighted by Gasteiger charge is 1.84. The summed E-state index contributed by atoms with van der Waals surface area (Å²) in [5, 5.41) is 0. The first-order valence-corrected chi connectivity index (χ1v) is 20.2. The summed E-state index contributed by atoms with van der Waals surface area (Å²) in [7, 11) is 0. The first-order chi connectivity index (χ1) is 20.2. The van der Waals surface area contributed by atoms with Crippen molar-refractivity contribution in [3.8, 4) is 0 Å². The third kappa shape index (κ3) is 270. The highest BCUT2D eigenvalue weighted by molar-refractivity contribution is 4.40. The molecule has 0 heteroatoms. The van der Waals surface area contributed by atoms with E-state index in [2.05, 4.69) is 125 Å². The Labute approximate surface area is 278 Å². The average molecular weight is 607 g/mol. The SMILES string of the molecule is CCC.CCC.CCC.CCC.CCC.CCC.CCCCCCCC.CCCCCCCC.CCCCCCCC. The summed E-state index contributed by atoms with van der Waals surface area (Å²) < 4.78 is 0. The second-order valence-corrected chi connectivity index (χ2v) is 11.5. The molecule has 0 aliphatic heterocycles. The van der Waals surface area contributed by atoms with Crippen LogP contribution in [0.5, 0.6) is 0 Å². The third-order valence-electron chi connectivity index (χ3n) is 4.37. The summed E-state index contributed by atoms with van der Waals surface area (Å²) in [4.78, 5) is 0. The summed E-state index contributed by atoms with van der Waals surface area (Å²) in [6, 6.07) is 0. The lowest BCUT2D eigenvalue weighted by atomic mass is 10.1. The second kappa shape index (κ2) is 114. The largest absolute Gasteiger partial charge is 0.0656 e. The lowest BCUT2D eigenvalue weighted by molar-refractivity contribution is 0.624. The van der Waals surface area contributed by atoms with Crippen molar-refractivity contribution in [2.24, 2.45) is 0 Å². The van der Waals surface area contributed by atoms with Gasteiger partial charge in [0.1, 0.15) is 0 Å². The second-order valence-electron chi connectivity index (χ2n) is 11.5. The molecule has 0 unspecified atom stereocenters. The third-order valence-corrected chi connectivity index (χ3v) is 4.37. The van der Waals surface area contributed by atoms with Crippen LogP contribution < -0.4 is 0 Å². The Kier molecular flexibility index (Phi) is 176. The minimum Gasteiger partial charge on any atom is -0.0656 e. The fourth-order valence-electron chi connectivity index (χ4n) is 2.56. The summed E-state index contributed by atoms with van der Waals surface area (Å²) in [5.41, 5.74) is 0. The molecule has 0 N–H and O–H groups in total. The van der Waals surface area contributed by atoms with E-state index in [9.17, 15) is 0 Å². The highest BCUT2D eigenvalue weighted by atomic mass is 13.9. The van der Waals surface area contributed by atoms with Gasteiger partial charge in [-0.05, 0) is 0 Å². The molecule has 0 aliphatic carbocycles. The van der Waals surface area contributed by atoms with Crippen LogP contribution in [0.3, 0.4) is 0 Å². The number of hydrogen-bond acceptors (Lipinski definition) is 0. The van der Waals surface area contributed by atoms with E-state index in [0.717, 1.165) is 0 Å². The molecule has 0 aromatic rings. The molecule has 0 aromatic heterocycles. The molecule has 0 aliphatic rings. The van der Waals surface area contributed by atoms with Gasteiger partial charge in [0.05, 0.1) is 0 Å². The van der Waals surface area contributed by atoms with E-state index in [-0.39, 0.29) is 0 Å². The van der Waals surface area contributed by atoms with E-state index >= 15 is 0 Å². The Hall–Kier alpha value is 0. The molecule has 0 aromatic carbocycles. The minimum absolute atomic E-state index is 1.25. The van der Waals surface area contributed by atoms with Gasteiger partial charge in [-0.25, -0.2) is 0 Å². The molecule has 0 amide bonds. The molecule has 42 heavy (non-hydrogen) atoms. The predicted octanol–water partition coefficient (Wildman–Crippen LogP) is 18.6. The maximum Gasteiger partial charge on any atom is -0.0533 e. The van der Waals surface area contributed by atoms with Crippen molar-refractivity contribution in [2.75, 3.05) is 0 Å². The Balaban J connectivity index is -0.0000000436. The molecular formula is C42H102. The molecule has 0 radical (unpaired) electrons. The molecule has 0 fully saturated rings. The van der Waals surface area contributed by atoms with Crippen LogP contribution >= 0.6 is 0 Å². The van der Waals surface area contributed by atoms with E-state index in [1.54, 1.807) is 0 Å².